The molecule has 0 aliphatic rings. The molecule has 26 heavy (non-hydrogen) atoms. The fourth-order valence-corrected chi connectivity index (χ4v) is 2.13. The normalized spacial score (nSPS) is 16.5. The van der Waals surface area contributed by atoms with Crippen LogP contribution < -0.4 is 21.7 Å². The number of aliphatic hydroxyl groups excluding tert-OH is 1. The van der Waals surface area contributed by atoms with Crippen LogP contribution in [0, 0.1) is 5.92 Å². The molecular weight excluding hydrogens is 364 g/mol. The van der Waals surface area contributed by atoms with Crippen LogP contribution in [0.25, 0.3) is 0 Å². The van der Waals surface area contributed by atoms with Crippen LogP contribution in [-0.2, 0) is 19.2 Å². The van der Waals surface area contributed by atoms with Crippen LogP contribution in [0.15, 0.2) is 0 Å². The van der Waals surface area contributed by atoms with Gasteiger partial charge in [0.1, 0.15) is 18.6 Å². The monoisotopic (exact) mass is 392 g/mol. The Morgan fingerprint density at radius 2 is 1.58 bits per heavy atom. The predicted molar refractivity (Wildman–Crippen MR) is 97.5 cm³/mol. The number of amides is 3. The fourth-order valence-electron chi connectivity index (χ4n) is 1.97. The van der Waals surface area contributed by atoms with Crippen molar-refractivity contribution in [3.8, 4) is 0 Å². The Kier molecular flexibility index (Phi) is 10.9. The minimum absolute atomic E-state index is 0.0487. The van der Waals surface area contributed by atoms with Crippen LogP contribution in [-0.4, -0.2) is 70.4 Å². The molecule has 0 aromatic carbocycles. The molecule has 0 spiro atoms. The molecular formula is C15H28N4O6S. The first-order valence-corrected chi connectivity index (χ1v) is 8.83. The molecule has 0 radical (unpaired) electrons. The number of nitrogens with one attached hydrogen (secondary N) is 3. The summed E-state index contributed by atoms with van der Waals surface area (Å²) in [5.41, 5.74) is 5.53. The summed E-state index contributed by atoms with van der Waals surface area (Å²) < 4.78 is 0. The summed E-state index contributed by atoms with van der Waals surface area (Å²) in [6.07, 6.45) is -0.715. The number of hydrogen-bond donors (Lipinski definition) is 7. The SMILES string of the molecule is CCC(C)C(NC(=O)C(NC(=O)C(N)CS)C(C)O)C(=O)NCC(=O)O. The lowest BCUT2D eigenvalue weighted by atomic mass is 9.97. The van der Waals surface area contributed by atoms with Crippen molar-refractivity contribution < 1.29 is 29.4 Å². The first-order valence-electron chi connectivity index (χ1n) is 8.19. The number of hydrogen-bond acceptors (Lipinski definition) is 7. The maximum atomic E-state index is 12.5. The van der Waals surface area contributed by atoms with Crippen LogP contribution in [0.1, 0.15) is 27.2 Å². The average molecular weight is 392 g/mol. The average Bonchev–Trinajstić information content (AvgIpc) is 2.59. The van der Waals surface area contributed by atoms with E-state index in [1.807, 2.05) is 0 Å². The van der Waals surface area contributed by atoms with Crippen molar-refractivity contribution in [3.05, 3.63) is 0 Å². The number of carboxylic acid groups (broad SMARTS) is 1. The van der Waals surface area contributed by atoms with Crippen LogP contribution in [0.5, 0.6) is 0 Å². The van der Waals surface area contributed by atoms with Gasteiger partial charge in [-0.25, -0.2) is 0 Å². The van der Waals surface area contributed by atoms with Gasteiger partial charge in [0.15, 0.2) is 0 Å². The van der Waals surface area contributed by atoms with E-state index in [0.29, 0.717) is 6.42 Å². The van der Waals surface area contributed by atoms with Crippen LogP contribution in [0.2, 0.25) is 0 Å². The Morgan fingerprint density at radius 3 is 2.00 bits per heavy atom. The summed E-state index contributed by atoms with van der Waals surface area (Å²) in [4.78, 5) is 47.1. The number of carbonyl (C=O) groups is 4. The Morgan fingerprint density at radius 1 is 1.04 bits per heavy atom. The standard InChI is InChI=1S/C15H28N4O6S/c1-4-7(2)11(14(24)17-5-10(21)22)18-15(25)12(8(3)20)19-13(23)9(16)6-26/h7-9,11-12,20,26H,4-6,16H2,1-3H3,(H,17,24)(H,18,25)(H,19,23)(H,21,22). The summed E-state index contributed by atoms with van der Waals surface area (Å²) in [5, 5.41) is 25.4. The summed E-state index contributed by atoms with van der Waals surface area (Å²) in [5.74, 6) is -3.60. The quantitative estimate of drug-likeness (QED) is 0.196. The largest absolute Gasteiger partial charge is 0.480 e. The van der Waals surface area contributed by atoms with E-state index in [9.17, 15) is 24.3 Å². The Labute approximate surface area is 157 Å². The molecule has 7 N–H and O–H groups in total. The van der Waals surface area contributed by atoms with Crippen molar-refractivity contribution in [2.45, 2.75) is 51.4 Å². The van der Waals surface area contributed by atoms with Gasteiger partial charge in [0.25, 0.3) is 0 Å². The van der Waals surface area contributed by atoms with Crippen molar-refractivity contribution in [1.82, 2.24) is 16.0 Å². The van der Waals surface area contributed by atoms with E-state index in [2.05, 4.69) is 28.6 Å². The third kappa shape index (κ3) is 8.02. The predicted octanol–water partition coefficient (Wildman–Crippen LogP) is -2.16. The molecule has 0 aliphatic carbocycles. The molecule has 0 heterocycles. The van der Waals surface area contributed by atoms with Crippen LogP contribution in [0.3, 0.4) is 0 Å². The highest BCUT2D eigenvalue weighted by atomic mass is 32.1. The Hall–Kier alpha value is -1.85. The van der Waals surface area contributed by atoms with Gasteiger partial charge in [-0.3, -0.25) is 19.2 Å². The van der Waals surface area contributed by atoms with Gasteiger partial charge in [0.05, 0.1) is 12.1 Å². The van der Waals surface area contributed by atoms with E-state index in [0.717, 1.165) is 0 Å². The van der Waals surface area contributed by atoms with Crippen molar-refractivity contribution in [2.75, 3.05) is 12.3 Å². The van der Waals surface area contributed by atoms with Gasteiger partial charge in [-0.2, -0.15) is 12.6 Å². The third-order valence-corrected chi connectivity index (χ3v) is 4.20. The molecule has 0 saturated carbocycles. The minimum atomic E-state index is -1.33. The van der Waals surface area contributed by atoms with Crippen molar-refractivity contribution in [2.24, 2.45) is 11.7 Å². The van der Waals surface area contributed by atoms with E-state index < -0.39 is 54.5 Å². The molecule has 150 valence electrons. The van der Waals surface area contributed by atoms with Gasteiger partial charge in [-0.05, 0) is 12.8 Å². The van der Waals surface area contributed by atoms with Crippen LogP contribution in [0.4, 0.5) is 0 Å². The number of rotatable bonds is 11. The Bertz CT molecular complexity index is 516. The summed E-state index contributed by atoms with van der Waals surface area (Å²) in [7, 11) is 0. The fraction of sp³-hybridized carbons (Fsp3) is 0.733. The molecule has 5 unspecified atom stereocenters. The molecule has 0 saturated heterocycles. The molecule has 3 amide bonds. The highest BCUT2D eigenvalue weighted by Gasteiger charge is 2.32. The van der Waals surface area contributed by atoms with E-state index >= 15 is 0 Å². The van der Waals surface area contributed by atoms with Crippen molar-refractivity contribution in [1.29, 1.82) is 0 Å². The molecule has 11 heteroatoms. The van der Waals surface area contributed by atoms with Crippen molar-refractivity contribution in [3.63, 3.8) is 0 Å². The maximum absolute atomic E-state index is 12.5. The zero-order valence-corrected chi connectivity index (χ0v) is 16.0. The number of aliphatic carboxylic acids is 1. The molecule has 0 rings (SSSR count). The van der Waals surface area contributed by atoms with E-state index in [1.165, 1.54) is 6.92 Å². The Balaban J connectivity index is 5.19. The molecule has 0 aliphatic heterocycles. The second-order valence-electron chi connectivity index (χ2n) is 6.00. The highest BCUT2D eigenvalue weighted by Crippen LogP contribution is 2.09. The number of aliphatic hydroxyl groups is 1. The second kappa shape index (κ2) is 11.7. The molecule has 0 bridgehead atoms. The molecule has 0 fully saturated rings. The maximum Gasteiger partial charge on any atom is 0.322 e. The smallest absolute Gasteiger partial charge is 0.322 e. The molecule has 0 aromatic rings. The van der Waals surface area contributed by atoms with E-state index in [1.54, 1.807) is 13.8 Å². The van der Waals surface area contributed by atoms with Gasteiger partial charge in [0.2, 0.25) is 17.7 Å². The lowest BCUT2D eigenvalue weighted by Crippen LogP contribution is -2.60. The van der Waals surface area contributed by atoms with Crippen molar-refractivity contribution >= 4 is 36.3 Å². The topological polar surface area (TPSA) is 171 Å². The lowest BCUT2D eigenvalue weighted by molar-refractivity contribution is -0.139. The summed E-state index contributed by atoms with van der Waals surface area (Å²) in [6, 6.07) is -3.31. The lowest BCUT2D eigenvalue weighted by Gasteiger charge is -2.27. The number of nitrogens with two attached hydrogens (primary N) is 1. The third-order valence-electron chi connectivity index (χ3n) is 3.80. The number of carbonyl (C=O) groups excluding carboxylic acids is 3. The molecule has 0 aromatic heterocycles. The van der Waals surface area contributed by atoms with Gasteiger partial charge >= 0.3 is 5.97 Å². The molecule has 5 atom stereocenters. The number of thiol groups is 1. The first kappa shape index (κ1) is 24.1. The zero-order valence-electron chi connectivity index (χ0n) is 15.1. The first-order chi connectivity index (χ1) is 12.0. The minimum Gasteiger partial charge on any atom is -0.480 e. The van der Waals surface area contributed by atoms with E-state index in [4.69, 9.17) is 10.8 Å². The zero-order chi connectivity index (χ0) is 20.4. The summed E-state index contributed by atoms with van der Waals surface area (Å²) >= 11 is 3.89. The van der Waals surface area contributed by atoms with E-state index in [-0.39, 0.29) is 11.7 Å². The van der Waals surface area contributed by atoms with Gasteiger partial charge < -0.3 is 31.9 Å². The van der Waals surface area contributed by atoms with Gasteiger partial charge in [-0.1, -0.05) is 20.3 Å². The van der Waals surface area contributed by atoms with Gasteiger partial charge in [0, 0.05) is 5.75 Å². The second-order valence-corrected chi connectivity index (χ2v) is 6.36. The number of carboxylic acids is 1. The van der Waals surface area contributed by atoms with Gasteiger partial charge in [-0.15, -0.1) is 0 Å². The van der Waals surface area contributed by atoms with Crippen LogP contribution >= 0.6 is 12.6 Å². The highest BCUT2D eigenvalue weighted by molar-refractivity contribution is 7.80. The summed E-state index contributed by atoms with van der Waals surface area (Å²) in [6.45, 7) is 4.22. The molecule has 10 nitrogen and oxygen atoms in total.